The Balaban J connectivity index is 2.21. The third-order valence-corrected chi connectivity index (χ3v) is 6.96. The number of ether oxygens (including phenoxy) is 1. The standard InChI is InChI=1S/C32H50O3/c1-6-8-17-27(4)18-13-9-10-14-19-29-24-25-31(33)30(29)20-15-11-12-16-21-32(34)35-28(5)23-22-26(3)7-2/h6-8,11,15,17,22-23,29-31,33H,5,9-10,12-14,16,18-21,24-25H2,1-4H3. The molecular weight excluding hydrogens is 432 g/mol. The topological polar surface area (TPSA) is 46.5 Å². The molecule has 0 aromatic carbocycles. The Morgan fingerprint density at radius 2 is 1.77 bits per heavy atom. The highest BCUT2D eigenvalue weighted by Gasteiger charge is 2.33. The molecule has 1 saturated carbocycles. The van der Waals surface area contributed by atoms with E-state index < -0.39 is 0 Å². The molecule has 0 aromatic rings. The Morgan fingerprint density at radius 3 is 2.51 bits per heavy atom. The van der Waals surface area contributed by atoms with Crippen LogP contribution in [0, 0.1) is 11.8 Å². The van der Waals surface area contributed by atoms with E-state index in [-0.39, 0.29) is 12.1 Å². The lowest BCUT2D eigenvalue weighted by atomic mass is 9.87. The van der Waals surface area contributed by atoms with Gasteiger partial charge in [-0.1, -0.05) is 85.9 Å². The molecule has 3 heteroatoms. The minimum absolute atomic E-state index is 0.163. The number of hydrogen-bond donors (Lipinski definition) is 1. The molecule has 0 aromatic heterocycles. The summed E-state index contributed by atoms with van der Waals surface area (Å²) in [6.45, 7) is 12.0. The highest BCUT2D eigenvalue weighted by Crippen LogP contribution is 2.38. The molecule has 1 N–H and O–H groups in total. The third kappa shape index (κ3) is 14.8. The van der Waals surface area contributed by atoms with Crippen LogP contribution in [0.25, 0.3) is 0 Å². The van der Waals surface area contributed by atoms with Crippen molar-refractivity contribution in [3.63, 3.8) is 0 Å². The maximum atomic E-state index is 11.9. The maximum absolute atomic E-state index is 11.9. The number of hydrogen-bond acceptors (Lipinski definition) is 3. The van der Waals surface area contributed by atoms with Gasteiger partial charge in [0.25, 0.3) is 0 Å². The number of rotatable bonds is 17. The summed E-state index contributed by atoms with van der Waals surface area (Å²) in [5.41, 5.74) is 2.56. The van der Waals surface area contributed by atoms with Crippen molar-refractivity contribution in [3.05, 3.63) is 72.1 Å². The molecule has 1 aliphatic rings. The third-order valence-electron chi connectivity index (χ3n) is 6.96. The number of allylic oxidation sites excluding steroid dienone is 10. The van der Waals surface area contributed by atoms with Crippen molar-refractivity contribution in [3.8, 4) is 0 Å². The molecule has 0 bridgehead atoms. The summed E-state index contributed by atoms with van der Waals surface area (Å²) in [4.78, 5) is 11.9. The van der Waals surface area contributed by atoms with Crippen LogP contribution in [0.5, 0.6) is 0 Å². The Labute approximate surface area is 215 Å². The maximum Gasteiger partial charge on any atom is 0.311 e. The molecule has 0 radical (unpaired) electrons. The Hall–Kier alpha value is -2.13. The number of esters is 1. The summed E-state index contributed by atoms with van der Waals surface area (Å²) in [6.07, 6.45) is 28.8. The van der Waals surface area contributed by atoms with Crippen LogP contribution in [0.3, 0.4) is 0 Å². The van der Waals surface area contributed by atoms with E-state index in [0.29, 0.717) is 24.0 Å². The predicted molar refractivity (Wildman–Crippen MR) is 150 cm³/mol. The zero-order valence-corrected chi connectivity index (χ0v) is 22.8. The van der Waals surface area contributed by atoms with E-state index >= 15 is 0 Å². The highest BCUT2D eigenvalue weighted by molar-refractivity contribution is 5.70. The van der Waals surface area contributed by atoms with E-state index in [1.165, 1.54) is 44.1 Å². The molecule has 196 valence electrons. The van der Waals surface area contributed by atoms with E-state index in [0.717, 1.165) is 37.7 Å². The van der Waals surface area contributed by atoms with E-state index in [4.69, 9.17) is 4.74 Å². The zero-order chi connectivity index (χ0) is 25.9. The van der Waals surface area contributed by atoms with Gasteiger partial charge in [-0.2, -0.15) is 0 Å². The molecule has 0 amide bonds. The molecule has 3 unspecified atom stereocenters. The first-order valence-corrected chi connectivity index (χ1v) is 13.7. The minimum atomic E-state index is -0.235. The van der Waals surface area contributed by atoms with Gasteiger partial charge in [0.2, 0.25) is 0 Å². The number of carbonyl (C=O) groups excluding carboxylic acids is 1. The molecular formula is C32H50O3. The highest BCUT2D eigenvalue weighted by atomic mass is 16.5. The molecule has 1 fully saturated rings. The summed E-state index contributed by atoms with van der Waals surface area (Å²) in [7, 11) is 0. The van der Waals surface area contributed by atoms with Gasteiger partial charge in [0.15, 0.2) is 0 Å². The molecule has 0 saturated heterocycles. The van der Waals surface area contributed by atoms with Crippen LogP contribution in [0.2, 0.25) is 0 Å². The number of aliphatic hydroxyl groups is 1. The lowest BCUT2D eigenvalue weighted by Gasteiger charge is -2.20. The molecule has 0 spiro atoms. The van der Waals surface area contributed by atoms with Crippen molar-refractivity contribution in [1.29, 1.82) is 0 Å². The van der Waals surface area contributed by atoms with Gasteiger partial charge in [0, 0.05) is 6.42 Å². The molecule has 3 atom stereocenters. The van der Waals surface area contributed by atoms with E-state index in [9.17, 15) is 9.90 Å². The summed E-state index contributed by atoms with van der Waals surface area (Å²) >= 11 is 0. The van der Waals surface area contributed by atoms with Crippen molar-refractivity contribution >= 4 is 5.97 Å². The first-order chi connectivity index (χ1) is 16.9. The van der Waals surface area contributed by atoms with Gasteiger partial charge >= 0.3 is 5.97 Å². The summed E-state index contributed by atoms with van der Waals surface area (Å²) in [5.74, 6) is 1.18. The van der Waals surface area contributed by atoms with Crippen molar-refractivity contribution < 1.29 is 14.6 Å². The van der Waals surface area contributed by atoms with Crippen LogP contribution >= 0.6 is 0 Å². The average Bonchev–Trinajstić information content (AvgIpc) is 3.19. The quantitative estimate of drug-likeness (QED) is 0.0740. The second kappa shape index (κ2) is 19.1. The van der Waals surface area contributed by atoms with Crippen LogP contribution in [0.4, 0.5) is 0 Å². The van der Waals surface area contributed by atoms with Gasteiger partial charge in [0.05, 0.1) is 6.10 Å². The van der Waals surface area contributed by atoms with Crippen molar-refractivity contribution in [2.45, 2.75) is 111 Å². The summed E-state index contributed by atoms with van der Waals surface area (Å²) < 4.78 is 5.24. The molecule has 0 aliphatic heterocycles. The van der Waals surface area contributed by atoms with Gasteiger partial charge < -0.3 is 9.84 Å². The fraction of sp³-hybridized carbons (Fsp3) is 0.594. The first-order valence-electron chi connectivity index (χ1n) is 13.7. The second-order valence-corrected chi connectivity index (χ2v) is 9.97. The van der Waals surface area contributed by atoms with Crippen molar-refractivity contribution in [2.24, 2.45) is 11.8 Å². The lowest BCUT2D eigenvalue weighted by Crippen LogP contribution is -2.18. The van der Waals surface area contributed by atoms with Crippen molar-refractivity contribution in [2.75, 3.05) is 0 Å². The van der Waals surface area contributed by atoms with Crippen LogP contribution in [0.15, 0.2) is 72.1 Å². The lowest BCUT2D eigenvalue weighted by molar-refractivity contribution is -0.139. The predicted octanol–water partition coefficient (Wildman–Crippen LogP) is 8.93. The van der Waals surface area contributed by atoms with Crippen LogP contribution < -0.4 is 0 Å². The molecule has 35 heavy (non-hydrogen) atoms. The fourth-order valence-corrected chi connectivity index (χ4v) is 4.63. The van der Waals surface area contributed by atoms with Gasteiger partial charge in [0.1, 0.15) is 5.76 Å². The average molecular weight is 483 g/mol. The molecule has 1 rings (SSSR count). The van der Waals surface area contributed by atoms with Crippen molar-refractivity contribution in [1.82, 2.24) is 0 Å². The van der Waals surface area contributed by atoms with Gasteiger partial charge in [-0.25, -0.2) is 0 Å². The Kier molecular flexibility index (Phi) is 16.9. The van der Waals surface area contributed by atoms with Gasteiger partial charge in [-0.05, 0) is 90.6 Å². The zero-order valence-electron chi connectivity index (χ0n) is 22.8. The smallest absolute Gasteiger partial charge is 0.311 e. The Morgan fingerprint density at radius 1 is 1.00 bits per heavy atom. The normalized spacial score (nSPS) is 21.6. The SMILES string of the molecule is C=C(C=CC(C)=CC)OC(=O)CCCC=CCC1C(O)CCC1CCCCCCC(C)=CC=CC. The monoisotopic (exact) mass is 482 g/mol. The number of carbonyl (C=O) groups is 1. The molecule has 3 nitrogen and oxygen atoms in total. The first kappa shape index (κ1) is 30.9. The minimum Gasteiger partial charge on any atom is -0.427 e. The van der Waals surface area contributed by atoms with Gasteiger partial charge in [-0.15, -0.1) is 0 Å². The molecule has 1 aliphatic carbocycles. The van der Waals surface area contributed by atoms with E-state index in [1.807, 2.05) is 26.0 Å². The number of aliphatic hydroxyl groups excluding tert-OH is 1. The fourth-order valence-electron chi connectivity index (χ4n) is 4.63. The van der Waals surface area contributed by atoms with E-state index in [2.05, 4.69) is 50.8 Å². The largest absolute Gasteiger partial charge is 0.427 e. The number of unbranched alkanes of at least 4 members (excludes halogenated alkanes) is 4. The van der Waals surface area contributed by atoms with Gasteiger partial charge in [-0.3, -0.25) is 4.79 Å². The Bertz CT molecular complexity index is 766. The molecule has 0 heterocycles. The van der Waals surface area contributed by atoms with E-state index in [1.54, 1.807) is 6.08 Å². The summed E-state index contributed by atoms with van der Waals surface area (Å²) in [5, 5.41) is 10.5. The second-order valence-electron chi connectivity index (χ2n) is 9.97. The summed E-state index contributed by atoms with van der Waals surface area (Å²) in [6, 6.07) is 0. The van der Waals surface area contributed by atoms with Crippen LogP contribution in [-0.4, -0.2) is 17.2 Å². The van der Waals surface area contributed by atoms with Crippen LogP contribution in [0.1, 0.15) is 105 Å². The van der Waals surface area contributed by atoms with Crippen LogP contribution in [-0.2, 0) is 9.53 Å².